The maximum absolute atomic E-state index is 5.79. The molecule has 0 unspecified atom stereocenters. The van der Waals surface area contributed by atoms with E-state index in [9.17, 15) is 0 Å². The highest BCUT2D eigenvalue weighted by Crippen LogP contribution is 2.22. The number of fused-ring (bicyclic) bond motifs is 1. The Labute approximate surface area is 176 Å². The molecule has 0 aliphatic heterocycles. The van der Waals surface area contributed by atoms with Crippen LogP contribution in [-0.2, 0) is 25.6 Å². The van der Waals surface area contributed by atoms with E-state index in [1.807, 2.05) is 25.2 Å². The molecule has 2 heterocycles. The summed E-state index contributed by atoms with van der Waals surface area (Å²) in [6.07, 6.45) is 1.78. The van der Waals surface area contributed by atoms with Gasteiger partial charge < -0.3 is 19.6 Å². The molecule has 0 amide bonds. The fraction of sp³-hybridized carbons (Fsp3) is 0.421. The summed E-state index contributed by atoms with van der Waals surface area (Å²) in [6.45, 7) is 7.34. The lowest BCUT2D eigenvalue weighted by Gasteiger charge is -2.13. The number of guanidine groups is 1. The molecule has 3 rings (SSSR count). The molecule has 0 bridgehead atoms. The molecule has 0 saturated heterocycles. The second-order valence-corrected chi connectivity index (χ2v) is 7.22. The Morgan fingerprint density at radius 2 is 1.89 bits per heavy atom. The zero-order chi connectivity index (χ0) is 18.7. The van der Waals surface area contributed by atoms with Gasteiger partial charge in [0.25, 0.3) is 0 Å². The van der Waals surface area contributed by atoms with Crippen LogP contribution in [0.2, 0.25) is 0 Å². The Kier molecular flexibility index (Phi) is 6.85. The van der Waals surface area contributed by atoms with Crippen LogP contribution in [0.3, 0.4) is 0 Å². The minimum absolute atomic E-state index is 0. The number of oxazole rings is 1. The van der Waals surface area contributed by atoms with Crippen LogP contribution in [0.5, 0.6) is 0 Å². The number of hydrogen-bond donors (Lipinski definition) is 2. The fourth-order valence-electron chi connectivity index (χ4n) is 2.63. The van der Waals surface area contributed by atoms with E-state index in [1.54, 1.807) is 13.2 Å². The third-order valence-electron chi connectivity index (χ3n) is 4.22. The molecule has 27 heavy (non-hydrogen) atoms. The standard InChI is InChI=1S/C19H26N6O.HI/c1-19(2,3)15-10-21-17(26-15)12-23-18(20-4)22-11-16-24-13-8-6-7-9-14(13)25(16)5;/h6-10H,11-12H2,1-5H3,(H2,20,22,23);1H. The third kappa shape index (κ3) is 5.00. The van der Waals surface area contributed by atoms with Crippen molar-refractivity contribution in [2.45, 2.75) is 39.3 Å². The summed E-state index contributed by atoms with van der Waals surface area (Å²) < 4.78 is 7.87. The first-order valence-electron chi connectivity index (χ1n) is 8.68. The van der Waals surface area contributed by atoms with Gasteiger partial charge in [-0.25, -0.2) is 9.97 Å². The number of nitrogens with one attached hydrogen (secondary N) is 2. The second-order valence-electron chi connectivity index (χ2n) is 7.22. The smallest absolute Gasteiger partial charge is 0.213 e. The number of nitrogens with zero attached hydrogens (tertiary/aromatic N) is 4. The molecule has 0 aliphatic carbocycles. The highest BCUT2D eigenvalue weighted by molar-refractivity contribution is 14.0. The number of imidazole rings is 1. The van der Waals surface area contributed by atoms with E-state index in [-0.39, 0.29) is 29.4 Å². The maximum atomic E-state index is 5.79. The third-order valence-corrected chi connectivity index (χ3v) is 4.22. The van der Waals surface area contributed by atoms with Gasteiger partial charge in [0.1, 0.15) is 11.6 Å². The summed E-state index contributed by atoms with van der Waals surface area (Å²) in [5.41, 5.74) is 2.05. The summed E-state index contributed by atoms with van der Waals surface area (Å²) in [5.74, 6) is 3.13. The number of para-hydroxylation sites is 2. The van der Waals surface area contributed by atoms with E-state index in [4.69, 9.17) is 4.42 Å². The van der Waals surface area contributed by atoms with Gasteiger partial charge in [0.15, 0.2) is 5.96 Å². The molecule has 3 aromatic rings. The van der Waals surface area contributed by atoms with Gasteiger partial charge in [-0.3, -0.25) is 4.99 Å². The molecule has 0 spiro atoms. The lowest BCUT2D eigenvalue weighted by Crippen LogP contribution is -2.37. The van der Waals surface area contributed by atoms with Crippen LogP contribution < -0.4 is 10.6 Å². The largest absolute Gasteiger partial charge is 0.443 e. The molecule has 2 aromatic heterocycles. The Hall–Kier alpha value is -2.10. The molecule has 0 atom stereocenters. The lowest BCUT2D eigenvalue weighted by molar-refractivity contribution is 0.379. The minimum atomic E-state index is -0.0502. The number of hydrogen-bond acceptors (Lipinski definition) is 4. The van der Waals surface area contributed by atoms with Crippen molar-refractivity contribution in [1.29, 1.82) is 0 Å². The van der Waals surface area contributed by atoms with Crippen LogP contribution >= 0.6 is 24.0 Å². The molecule has 0 saturated carbocycles. The van der Waals surface area contributed by atoms with Crippen LogP contribution in [0.1, 0.15) is 38.2 Å². The van der Waals surface area contributed by atoms with Gasteiger partial charge in [-0.05, 0) is 12.1 Å². The number of benzene rings is 1. The first-order valence-corrected chi connectivity index (χ1v) is 8.68. The van der Waals surface area contributed by atoms with Gasteiger partial charge in [-0.15, -0.1) is 24.0 Å². The molecule has 146 valence electrons. The van der Waals surface area contributed by atoms with Crippen molar-refractivity contribution in [3.63, 3.8) is 0 Å². The van der Waals surface area contributed by atoms with Crippen LogP contribution in [0.4, 0.5) is 0 Å². The fourth-order valence-corrected chi connectivity index (χ4v) is 2.63. The van der Waals surface area contributed by atoms with Gasteiger partial charge >= 0.3 is 0 Å². The Bertz CT molecular complexity index is 922. The monoisotopic (exact) mass is 482 g/mol. The van der Waals surface area contributed by atoms with Gasteiger partial charge in [-0.1, -0.05) is 32.9 Å². The van der Waals surface area contributed by atoms with E-state index in [2.05, 4.69) is 57.0 Å². The zero-order valence-corrected chi connectivity index (χ0v) is 18.7. The average molecular weight is 482 g/mol. The second kappa shape index (κ2) is 8.73. The molecule has 8 heteroatoms. The molecule has 7 nitrogen and oxygen atoms in total. The van der Waals surface area contributed by atoms with E-state index in [0.29, 0.717) is 24.9 Å². The van der Waals surface area contributed by atoms with Crippen molar-refractivity contribution in [1.82, 2.24) is 25.2 Å². The predicted molar refractivity (Wildman–Crippen MR) is 118 cm³/mol. The SMILES string of the molecule is CN=C(NCc1ncc(C(C)(C)C)o1)NCc1nc2ccccc2n1C.I. The van der Waals surface area contributed by atoms with E-state index < -0.39 is 0 Å². The lowest BCUT2D eigenvalue weighted by atomic mass is 9.94. The van der Waals surface area contributed by atoms with E-state index in [1.165, 1.54) is 0 Å². The molecule has 0 fully saturated rings. The molecule has 0 radical (unpaired) electrons. The Morgan fingerprint density at radius 3 is 2.52 bits per heavy atom. The zero-order valence-electron chi connectivity index (χ0n) is 16.4. The van der Waals surface area contributed by atoms with Crippen molar-refractivity contribution < 1.29 is 4.42 Å². The molecule has 2 N–H and O–H groups in total. The van der Waals surface area contributed by atoms with Gasteiger partial charge in [0, 0.05) is 19.5 Å². The normalized spacial score (nSPS) is 12.1. The van der Waals surface area contributed by atoms with Crippen molar-refractivity contribution >= 4 is 41.0 Å². The van der Waals surface area contributed by atoms with Crippen molar-refractivity contribution in [3.8, 4) is 0 Å². The summed E-state index contributed by atoms with van der Waals surface area (Å²) in [6, 6.07) is 8.09. The number of halogens is 1. The average Bonchev–Trinajstić information content (AvgIpc) is 3.21. The van der Waals surface area contributed by atoms with Crippen molar-refractivity contribution in [2.75, 3.05) is 7.05 Å². The number of aromatic nitrogens is 3. The summed E-state index contributed by atoms with van der Waals surface area (Å²) in [5, 5.41) is 6.50. The topological polar surface area (TPSA) is 80.3 Å². The highest BCUT2D eigenvalue weighted by Gasteiger charge is 2.19. The predicted octanol–water partition coefficient (Wildman–Crippen LogP) is 3.34. The molecule has 0 aliphatic rings. The first-order chi connectivity index (χ1) is 12.4. The van der Waals surface area contributed by atoms with Crippen LogP contribution in [-0.4, -0.2) is 27.5 Å². The number of aryl methyl sites for hydroxylation is 1. The van der Waals surface area contributed by atoms with Gasteiger partial charge in [-0.2, -0.15) is 0 Å². The Morgan fingerprint density at radius 1 is 1.19 bits per heavy atom. The van der Waals surface area contributed by atoms with Crippen molar-refractivity contribution in [3.05, 3.63) is 47.9 Å². The van der Waals surface area contributed by atoms with Gasteiger partial charge in [0.2, 0.25) is 5.89 Å². The number of aliphatic imine (C=N–C) groups is 1. The van der Waals surface area contributed by atoms with E-state index in [0.717, 1.165) is 22.6 Å². The van der Waals surface area contributed by atoms with Crippen LogP contribution in [0.25, 0.3) is 11.0 Å². The van der Waals surface area contributed by atoms with E-state index >= 15 is 0 Å². The minimum Gasteiger partial charge on any atom is -0.443 e. The highest BCUT2D eigenvalue weighted by atomic mass is 127. The quantitative estimate of drug-likeness (QED) is 0.339. The Balaban J connectivity index is 0.00000261. The summed E-state index contributed by atoms with van der Waals surface area (Å²) in [4.78, 5) is 13.2. The van der Waals surface area contributed by atoms with Gasteiger partial charge in [0.05, 0.1) is 30.3 Å². The van der Waals surface area contributed by atoms with Crippen molar-refractivity contribution in [2.24, 2.45) is 12.0 Å². The summed E-state index contributed by atoms with van der Waals surface area (Å²) >= 11 is 0. The molecular weight excluding hydrogens is 455 g/mol. The maximum Gasteiger partial charge on any atom is 0.213 e. The number of rotatable bonds is 4. The van der Waals surface area contributed by atoms with Crippen LogP contribution in [0, 0.1) is 0 Å². The summed E-state index contributed by atoms with van der Waals surface area (Å²) in [7, 11) is 3.75. The first kappa shape index (κ1) is 21.2. The molecular formula is C19H27IN6O. The molecule has 1 aromatic carbocycles. The van der Waals surface area contributed by atoms with Crippen LogP contribution in [0.15, 0.2) is 39.9 Å².